The van der Waals surface area contributed by atoms with Crippen molar-refractivity contribution in [1.29, 1.82) is 0 Å². The number of nitro groups is 1. The third kappa shape index (κ3) is 2.43. The number of anilines is 1. The van der Waals surface area contributed by atoms with E-state index in [0.29, 0.717) is 0 Å². The summed E-state index contributed by atoms with van der Waals surface area (Å²) in [4.78, 5) is 25.4. The van der Waals surface area contributed by atoms with E-state index < -0.39 is 10.8 Å². The van der Waals surface area contributed by atoms with Crippen molar-refractivity contribution in [3.63, 3.8) is 0 Å². The van der Waals surface area contributed by atoms with Gasteiger partial charge in [0, 0.05) is 17.5 Å². The molecule has 0 aliphatic rings. The van der Waals surface area contributed by atoms with E-state index in [0.717, 1.165) is 18.2 Å². The molecule has 2 N–H and O–H groups in total. The van der Waals surface area contributed by atoms with Gasteiger partial charge < -0.3 is 10.4 Å². The van der Waals surface area contributed by atoms with E-state index in [1.165, 1.54) is 22.2 Å². The van der Waals surface area contributed by atoms with Crippen molar-refractivity contribution in [1.82, 2.24) is 4.98 Å². The molecule has 0 bridgehead atoms. The molecule has 1 aromatic heterocycles. The number of benzene rings is 1. The van der Waals surface area contributed by atoms with Gasteiger partial charge in [0.05, 0.1) is 16.1 Å². The summed E-state index contributed by atoms with van der Waals surface area (Å²) in [7, 11) is 0. The van der Waals surface area contributed by atoms with Gasteiger partial charge in [-0.1, -0.05) is 0 Å². The van der Waals surface area contributed by atoms with Gasteiger partial charge in [0.15, 0.2) is 0 Å². The molecule has 0 unspecified atom stereocenters. The van der Waals surface area contributed by atoms with Gasteiger partial charge in [-0.3, -0.25) is 14.9 Å². The molecule has 1 amide bonds. The zero-order valence-electron chi connectivity index (χ0n) is 8.86. The Morgan fingerprint density at radius 2 is 2.28 bits per heavy atom. The summed E-state index contributed by atoms with van der Waals surface area (Å²) in [5.74, 6) is -0.781. The lowest BCUT2D eigenvalue weighted by molar-refractivity contribution is -0.384. The third-order valence-electron chi connectivity index (χ3n) is 2.10. The summed E-state index contributed by atoms with van der Waals surface area (Å²) in [5, 5.41) is 24.0. The highest BCUT2D eigenvalue weighted by atomic mass is 32.1. The van der Waals surface area contributed by atoms with Crippen LogP contribution in [0.15, 0.2) is 29.1 Å². The normalized spacial score (nSPS) is 10.0. The van der Waals surface area contributed by atoms with E-state index >= 15 is 0 Å². The second-order valence-corrected chi connectivity index (χ2v) is 4.01. The van der Waals surface area contributed by atoms with Crippen LogP contribution in [-0.2, 0) is 0 Å². The zero-order chi connectivity index (χ0) is 13.1. The minimum absolute atomic E-state index is 0.0257. The molecule has 92 valence electrons. The molecule has 0 aliphatic carbocycles. The van der Waals surface area contributed by atoms with Gasteiger partial charge in [-0.15, -0.1) is 11.3 Å². The number of aromatic hydroxyl groups is 1. The average molecular weight is 265 g/mol. The highest BCUT2D eigenvalue weighted by molar-refractivity contribution is 7.07. The number of aromatic nitrogens is 1. The Hall–Kier alpha value is -2.48. The van der Waals surface area contributed by atoms with Crippen molar-refractivity contribution in [3.8, 4) is 5.75 Å². The average Bonchev–Trinajstić information content (AvgIpc) is 2.85. The number of nitrogens with one attached hydrogen (secondary N) is 1. The third-order valence-corrected chi connectivity index (χ3v) is 2.69. The first kappa shape index (κ1) is 12.0. The number of nitrogens with zero attached hydrogens (tertiary/aromatic N) is 2. The number of nitro benzene ring substituents is 1. The fraction of sp³-hybridized carbons (Fsp3) is 0. The molecule has 2 rings (SSSR count). The lowest BCUT2D eigenvalue weighted by Gasteiger charge is -2.05. The van der Waals surface area contributed by atoms with Crippen LogP contribution in [0.5, 0.6) is 5.75 Å². The van der Waals surface area contributed by atoms with Gasteiger partial charge in [-0.2, -0.15) is 0 Å². The summed E-state index contributed by atoms with van der Waals surface area (Å²) in [6.45, 7) is 0. The molecule has 0 atom stereocenters. The maximum absolute atomic E-state index is 11.7. The van der Waals surface area contributed by atoms with Gasteiger partial charge in [0.25, 0.3) is 11.6 Å². The molecule has 1 heterocycles. The number of hydrogen-bond donors (Lipinski definition) is 2. The van der Waals surface area contributed by atoms with Crippen LogP contribution in [0.25, 0.3) is 0 Å². The Morgan fingerprint density at radius 3 is 2.89 bits per heavy atom. The summed E-state index contributed by atoms with van der Waals surface area (Å²) in [5.41, 5.74) is 1.43. The van der Waals surface area contributed by atoms with E-state index in [4.69, 9.17) is 0 Å². The first-order valence-electron chi connectivity index (χ1n) is 4.75. The summed E-state index contributed by atoms with van der Waals surface area (Å²) in [6.07, 6.45) is 0. The Bertz CT molecular complexity index is 597. The number of carbonyl (C=O) groups excluding carboxylic acids is 1. The van der Waals surface area contributed by atoms with Crippen LogP contribution < -0.4 is 5.32 Å². The minimum Gasteiger partial charge on any atom is -0.506 e. The predicted molar refractivity (Wildman–Crippen MR) is 64.8 cm³/mol. The topological polar surface area (TPSA) is 105 Å². The molecular weight excluding hydrogens is 258 g/mol. The fourth-order valence-corrected chi connectivity index (χ4v) is 1.78. The van der Waals surface area contributed by atoms with Crippen LogP contribution in [0.3, 0.4) is 0 Å². The zero-order valence-corrected chi connectivity index (χ0v) is 9.68. The molecule has 2 aromatic rings. The second kappa shape index (κ2) is 4.80. The Balaban J connectivity index is 2.26. The van der Waals surface area contributed by atoms with Crippen molar-refractivity contribution in [2.24, 2.45) is 0 Å². The molecule has 0 fully saturated rings. The maximum atomic E-state index is 11.7. The van der Waals surface area contributed by atoms with E-state index in [1.54, 1.807) is 0 Å². The first-order valence-corrected chi connectivity index (χ1v) is 5.69. The van der Waals surface area contributed by atoms with E-state index in [-0.39, 0.29) is 22.8 Å². The van der Waals surface area contributed by atoms with Crippen LogP contribution in [0.2, 0.25) is 0 Å². The summed E-state index contributed by atoms with van der Waals surface area (Å²) in [6, 6.07) is 3.38. The Labute approximate surface area is 105 Å². The van der Waals surface area contributed by atoms with Crippen molar-refractivity contribution in [3.05, 3.63) is 44.9 Å². The van der Waals surface area contributed by atoms with Gasteiger partial charge in [0.2, 0.25) is 0 Å². The molecule has 0 saturated carbocycles. The number of rotatable bonds is 3. The van der Waals surface area contributed by atoms with Crippen molar-refractivity contribution in [2.75, 3.05) is 5.32 Å². The van der Waals surface area contributed by atoms with Crippen LogP contribution >= 0.6 is 11.3 Å². The van der Waals surface area contributed by atoms with E-state index in [9.17, 15) is 20.0 Å². The molecule has 7 nitrogen and oxygen atoms in total. The van der Waals surface area contributed by atoms with Crippen LogP contribution in [-0.4, -0.2) is 20.9 Å². The number of non-ortho nitro benzene ring substituents is 1. The highest BCUT2D eigenvalue weighted by Gasteiger charge is 2.14. The number of thiazole rings is 1. The molecule has 0 aliphatic heterocycles. The van der Waals surface area contributed by atoms with Gasteiger partial charge >= 0.3 is 0 Å². The van der Waals surface area contributed by atoms with Crippen molar-refractivity contribution >= 4 is 28.6 Å². The number of phenols is 1. The smallest absolute Gasteiger partial charge is 0.275 e. The lowest BCUT2D eigenvalue weighted by Crippen LogP contribution is -2.12. The van der Waals surface area contributed by atoms with Crippen LogP contribution in [0.1, 0.15) is 10.5 Å². The molecule has 0 radical (unpaired) electrons. The predicted octanol–water partition coefficient (Wildman–Crippen LogP) is 2.01. The molecule has 0 saturated heterocycles. The molecular formula is C10H7N3O4S. The SMILES string of the molecule is O=C(Nc1cc([N+](=O)[O-])ccc1O)c1cscn1. The largest absolute Gasteiger partial charge is 0.506 e. The fourth-order valence-electron chi connectivity index (χ4n) is 1.25. The number of hydrogen-bond acceptors (Lipinski definition) is 6. The summed E-state index contributed by atoms with van der Waals surface area (Å²) >= 11 is 1.25. The molecule has 18 heavy (non-hydrogen) atoms. The highest BCUT2D eigenvalue weighted by Crippen LogP contribution is 2.28. The van der Waals surface area contributed by atoms with E-state index in [1.807, 2.05) is 0 Å². The lowest BCUT2D eigenvalue weighted by atomic mass is 10.2. The maximum Gasteiger partial charge on any atom is 0.275 e. The Kier molecular flexibility index (Phi) is 3.20. The Morgan fingerprint density at radius 1 is 1.50 bits per heavy atom. The first-order chi connectivity index (χ1) is 8.58. The standard InChI is InChI=1S/C10H7N3O4S/c14-9-2-1-6(13(16)17)3-7(9)12-10(15)8-4-18-5-11-8/h1-5,14H,(H,12,15). The van der Waals surface area contributed by atoms with Gasteiger partial charge in [-0.05, 0) is 6.07 Å². The monoisotopic (exact) mass is 265 g/mol. The molecule has 1 aromatic carbocycles. The number of amides is 1. The minimum atomic E-state index is -0.613. The van der Waals surface area contributed by atoms with Crippen molar-refractivity contribution in [2.45, 2.75) is 0 Å². The number of phenolic OH excluding ortho intramolecular Hbond substituents is 1. The quantitative estimate of drug-likeness (QED) is 0.501. The van der Waals surface area contributed by atoms with Crippen LogP contribution in [0.4, 0.5) is 11.4 Å². The second-order valence-electron chi connectivity index (χ2n) is 3.29. The van der Waals surface area contributed by atoms with Gasteiger partial charge in [-0.25, -0.2) is 4.98 Å². The van der Waals surface area contributed by atoms with Crippen LogP contribution in [0, 0.1) is 10.1 Å². The van der Waals surface area contributed by atoms with Gasteiger partial charge in [0.1, 0.15) is 11.4 Å². The molecule has 0 spiro atoms. The summed E-state index contributed by atoms with van der Waals surface area (Å²) < 4.78 is 0. The molecule has 8 heteroatoms. The van der Waals surface area contributed by atoms with Crippen molar-refractivity contribution < 1.29 is 14.8 Å². The number of carbonyl (C=O) groups is 1. The van der Waals surface area contributed by atoms with E-state index in [2.05, 4.69) is 10.3 Å².